The third-order valence-electron chi connectivity index (χ3n) is 13.7. The van der Waals surface area contributed by atoms with Crippen LogP contribution in [0.2, 0.25) is 5.02 Å². The summed E-state index contributed by atoms with van der Waals surface area (Å²) in [6, 6.07) is 20.6. The molecule has 0 bridgehead atoms. The van der Waals surface area contributed by atoms with Gasteiger partial charge in [0.2, 0.25) is 0 Å². The van der Waals surface area contributed by atoms with Crippen LogP contribution in [0.25, 0.3) is 16.6 Å². The van der Waals surface area contributed by atoms with E-state index < -0.39 is 31.4 Å². The Balaban J connectivity index is 0.930. The predicted molar refractivity (Wildman–Crippen MR) is 257 cm³/mol. The predicted octanol–water partition coefficient (Wildman–Crippen LogP) is 8.78. The average molecular weight is 938 g/mol. The number of nitro benzene ring substituents is 1. The summed E-state index contributed by atoms with van der Waals surface area (Å²) in [7, 11) is -4.59. The van der Waals surface area contributed by atoms with Gasteiger partial charge >= 0.3 is 0 Å². The van der Waals surface area contributed by atoms with Gasteiger partial charge in [-0.25, -0.2) is 18.1 Å². The first-order valence-electron chi connectivity index (χ1n) is 22.9. The summed E-state index contributed by atoms with van der Waals surface area (Å²) in [5.41, 5.74) is 5.35. The highest BCUT2D eigenvalue weighted by molar-refractivity contribution is 7.90. The quantitative estimate of drug-likeness (QED) is 0.0651. The van der Waals surface area contributed by atoms with E-state index >= 15 is 0 Å². The van der Waals surface area contributed by atoms with E-state index in [0.717, 1.165) is 94.1 Å². The summed E-state index contributed by atoms with van der Waals surface area (Å²) in [5, 5.41) is 20.6. The lowest BCUT2D eigenvalue weighted by atomic mass is 9.72. The molecule has 17 heteroatoms. The molecule has 3 fully saturated rings. The number of carbonyl (C=O) groups excluding carboxylic acids is 1. The van der Waals surface area contributed by atoms with Gasteiger partial charge < -0.3 is 30.0 Å². The molecule has 66 heavy (non-hydrogen) atoms. The molecule has 1 amide bonds. The molecule has 4 aliphatic rings. The molecule has 2 aliphatic heterocycles. The number of fused-ring (bicyclic) bond motifs is 1. The number of pyridine rings is 1. The lowest BCUT2D eigenvalue weighted by Crippen LogP contribution is -2.47. The number of amides is 1. The number of rotatable bonds is 13. The number of sulfonamides is 1. The van der Waals surface area contributed by atoms with Crippen molar-refractivity contribution in [2.24, 2.45) is 11.3 Å². The third-order valence-corrected chi connectivity index (χ3v) is 15.2. The Morgan fingerprint density at radius 1 is 1.03 bits per heavy atom. The number of carbonyl (C=O) groups is 1. The van der Waals surface area contributed by atoms with Gasteiger partial charge in [0.05, 0.1) is 40.0 Å². The van der Waals surface area contributed by atoms with Crippen molar-refractivity contribution in [3.8, 4) is 11.5 Å². The summed E-state index contributed by atoms with van der Waals surface area (Å²) in [6.45, 7) is 10.6. The van der Waals surface area contributed by atoms with E-state index in [0.29, 0.717) is 42.7 Å². The first-order chi connectivity index (χ1) is 31.8. The van der Waals surface area contributed by atoms with E-state index in [1.165, 1.54) is 34.9 Å². The van der Waals surface area contributed by atoms with Gasteiger partial charge in [0, 0.05) is 74.5 Å². The number of allylic oxidation sites excluding steroid dienone is 1. The fourth-order valence-electron chi connectivity index (χ4n) is 9.97. The number of hydrogen-bond donors (Lipinski definition) is 4. The Morgan fingerprint density at radius 3 is 2.56 bits per heavy atom. The standard InChI is InChI=1S/C49H57ClN8O7S/c1-49(2)18-16-35(41(28-49)32-6-10-36(50)11-7-32)31-56-21-23-57(24-22-56)43-5-3-4-40(46(43)65-38-26-34-17-19-52-47(34)53-29-38)48(59)55-66(62,63)39-14-15-42(44(27-39)58(60)61)54-37-12-8-33(9-13-37)45-30-51-20-25-64-45/h3-7,10-11,14-15,17,19,26-27,29,33,37,45,51,54H,8-9,12-13,16,18,20-25,28,30-31H2,1-2H3,(H,52,53)(H,55,59)/t33-,37+,45?. The number of benzene rings is 3. The Kier molecular flexibility index (Phi) is 13.4. The first-order valence-corrected chi connectivity index (χ1v) is 24.8. The van der Waals surface area contributed by atoms with Crippen LogP contribution in [0.5, 0.6) is 11.5 Å². The van der Waals surface area contributed by atoms with Gasteiger partial charge in [-0.3, -0.25) is 19.8 Å². The Hall–Kier alpha value is -5.52. The molecule has 2 saturated heterocycles. The minimum absolute atomic E-state index is 0.0182. The van der Waals surface area contributed by atoms with Crippen LogP contribution in [0.3, 0.4) is 0 Å². The van der Waals surface area contributed by atoms with Gasteiger partial charge in [-0.15, -0.1) is 0 Å². The summed E-state index contributed by atoms with van der Waals surface area (Å²) in [5.74, 6) is 0.000539. The molecule has 4 heterocycles. The number of para-hydroxylation sites is 1. The number of aromatic amines is 1. The number of ether oxygens (including phenoxy) is 2. The number of nitro groups is 1. The lowest BCUT2D eigenvalue weighted by Gasteiger charge is -2.39. The number of halogens is 1. The van der Waals surface area contributed by atoms with Crippen LogP contribution in [0.4, 0.5) is 17.1 Å². The van der Waals surface area contributed by atoms with E-state index in [2.05, 4.69) is 61.1 Å². The van der Waals surface area contributed by atoms with Gasteiger partial charge in [-0.05, 0) is 116 Å². The largest absolute Gasteiger partial charge is 0.453 e. The maximum Gasteiger partial charge on any atom is 0.293 e. The van der Waals surface area contributed by atoms with Crippen LogP contribution in [-0.4, -0.2) is 98.7 Å². The smallest absolute Gasteiger partial charge is 0.293 e. The monoisotopic (exact) mass is 936 g/mol. The van der Waals surface area contributed by atoms with Gasteiger partial charge in [-0.2, -0.15) is 0 Å². The van der Waals surface area contributed by atoms with Crippen LogP contribution < -0.4 is 25.0 Å². The maximum atomic E-state index is 14.2. The highest BCUT2D eigenvalue weighted by atomic mass is 35.5. The molecule has 1 atom stereocenters. The van der Waals surface area contributed by atoms with Crippen molar-refractivity contribution in [2.75, 3.05) is 62.6 Å². The zero-order valence-corrected chi connectivity index (χ0v) is 38.9. The Bertz CT molecular complexity index is 2720. The Morgan fingerprint density at radius 2 is 1.82 bits per heavy atom. The highest BCUT2D eigenvalue weighted by Gasteiger charge is 2.33. The molecule has 1 unspecified atom stereocenters. The van der Waals surface area contributed by atoms with Crippen LogP contribution in [0.15, 0.2) is 95.7 Å². The summed E-state index contributed by atoms with van der Waals surface area (Å²) < 4.78 is 42.6. The molecule has 15 nitrogen and oxygen atoms in total. The van der Waals surface area contributed by atoms with E-state index in [1.807, 2.05) is 24.3 Å². The van der Waals surface area contributed by atoms with Gasteiger partial charge in [0.1, 0.15) is 17.1 Å². The topological polar surface area (TPSA) is 184 Å². The molecule has 0 spiro atoms. The second-order valence-corrected chi connectivity index (χ2v) is 20.9. The molecule has 0 radical (unpaired) electrons. The van der Waals surface area contributed by atoms with E-state index in [-0.39, 0.29) is 34.6 Å². The number of H-pyrrole nitrogens is 1. The van der Waals surface area contributed by atoms with Crippen molar-refractivity contribution in [1.29, 1.82) is 0 Å². The summed E-state index contributed by atoms with van der Waals surface area (Å²) in [6.07, 6.45) is 10.0. The van der Waals surface area contributed by atoms with Gasteiger partial charge in [0.25, 0.3) is 21.6 Å². The summed E-state index contributed by atoms with van der Waals surface area (Å²) >= 11 is 6.26. The fourth-order valence-corrected chi connectivity index (χ4v) is 11.1. The maximum absolute atomic E-state index is 14.2. The van der Waals surface area contributed by atoms with Crippen LogP contribution in [-0.2, 0) is 14.8 Å². The average Bonchev–Trinajstić information content (AvgIpc) is 3.79. The molecule has 1 saturated carbocycles. The zero-order valence-electron chi connectivity index (χ0n) is 37.4. The van der Waals surface area contributed by atoms with Crippen LogP contribution in [0.1, 0.15) is 74.7 Å². The van der Waals surface area contributed by atoms with Crippen molar-refractivity contribution >= 4 is 61.2 Å². The molecule has 2 aliphatic carbocycles. The minimum Gasteiger partial charge on any atom is -0.453 e. The second kappa shape index (κ2) is 19.4. The second-order valence-electron chi connectivity index (χ2n) is 18.8. The number of morpholine rings is 1. The zero-order chi connectivity index (χ0) is 46.0. The molecular weight excluding hydrogens is 880 g/mol. The van der Waals surface area contributed by atoms with Crippen molar-refractivity contribution < 1.29 is 27.6 Å². The fraction of sp³-hybridized carbons (Fsp3) is 0.429. The normalized spacial score (nSPS) is 21.7. The molecular formula is C49H57ClN8O7S. The first kappa shape index (κ1) is 45.6. The van der Waals surface area contributed by atoms with Crippen LogP contribution >= 0.6 is 11.6 Å². The van der Waals surface area contributed by atoms with Crippen molar-refractivity contribution in [3.63, 3.8) is 0 Å². The van der Waals surface area contributed by atoms with Gasteiger partial charge in [-0.1, -0.05) is 49.2 Å². The number of nitrogens with one attached hydrogen (secondary N) is 4. The van der Waals surface area contributed by atoms with E-state index in [4.69, 9.17) is 21.1 Å². The SMILES string of the molecule is CC1(C)CCC(CN2CCN(c3cccc(C(=O)NS(=O)(=O)c4ccc(N[C@H]5CC[C@@H](C6CNCCO6)CC5)c([N+](=O)[O-])c4)c3Oc3cnc4[nH]ccc4c3)CC2)=C(c2ccc(Cl)cc2)C1. The van der Waals surface area contributed by atoms with Crippen LogP contribution in [0, 0.1) is 21.4 Å². The number of piperazine rings is 1. The highest BCUT2D eigenvalue weighted by Crippen LogP contribution is 2.44. The molecule has 5 aromatic rings. The number of aromatic nitrogens is 2. The third kappa shape index (κ3) is 10.4. The molecule has 3 aromatic carbocycles. The minimum atomic E-state index is -4.59. The van der Waals surface area contributed by atoms with Crippen molar-refractivity contribution in [3.05, 3.63) is 117 Å². The molecule has 2 aromatic heterocycles. The van der Waals surface area contributed by atoms with E-state index in [1.54, 1.807) is 24.5 Å². The molecule has 4 N–H and O–H groups in total. The van der Waals surface area contributed by atoms with E-state index in [9.17, 15) is 23.3 Å². The number of anilines is 2. The summed E-state index contributed by atoms with van der Waals surface area (Å²) in [4.78, 5) is 37.7. The lowest BCUT2D eigenvalue weighted by molar-refractivity contribution is -0.384. The van der Waals surface area contributed by atoms with Crippen molar-refractivity contribution in [1.82, 2.24) is 24.9 Å². The van der Waals surface area contributed by atoms with Crippen molar-refractivity contribution in [2.45, 2.75) is 75.8 Å². The molecule has 9 rings (SSSR count). The number of hydrogen-bond acceptors (Lipinski definition) is 12. The molecule has 348 valence electrons. The number of nitrogens with zero attached hydrogens (tertiary/aromatic N) is 4. The van der Waals surface area contributed by atoms with Gasteiger partial charge in [0.15, 0.2) is 5.75 Å². The Labute approximate surface area is 390 Å².